The predicted molar refractivity (Wildman–Crippen MR) is 61.6 cm³/mol. The van der Waals surface area contributed by atoms with Gasteiger partial charge in [0.25, 0.3) is 0 Å². The van der Waals surface area contributed by atoms with Crippen molar-refractivity contribution in [2.24, 2.45) is 5.73 Å². The van der Waals surface area contributed by atoms with Gasteiger partial charge in [-0.05, 0) is 32.2 Å². The maximum Gasteiger partial charge on any atom is 2.00 e. The van der Waals surface area contributed by atoms with E-state index in [2.05, 4.69) is 5.32 Å². The van der Waals surface area contributed by atoms with Crippen molar-refractivity contribution >= 4 is 55.6 Å². The fourth-order valence-electron chi connectivity index (χ4n) is 1.29. The minimum absolute atomic E-state index is 0. The van der Waals surface area contributed by atoms with Crippen LogP contribution in [0.5, 0.6) is 0 Å². The number of hydrogen-bond acceptors (Lipinski definition) is 7. The second-order valence-corrected chi connectivity index (χ2v) is 3.82. The summed E-state index contributed by atoms with van der Waals surface area (Å²) in [6.45, 7) is 0.858. The molecule has 19 heavy (non-hydrogen) atoms. The Morgan fingerprint density at radius 1 is 1.37 bits per heavy atom. The molecule has 0 aromatic carbocycles. The standard InChI is InChI=1S/C5H9NO4.C5H9NO2.Ca/c6-3(5(9)10)1-2-4(7)8;7-5(8)4-2-1-3-6-4;/h3H,1-2,6H2,(H,7,8)(H,9,10);4,6H,1-3H2,(H,7,8);/q;;+2/p-2. The van der Waals surface area contributed by atoms with E-state index in [-0.39, 0.29) is 56.6 Å². The molecule has 0 saturated carbocycles. The first-order chi connectivity index (χ1) is 8.34. The Hall–Kier alpha value is -0.410. The quantitative estimate of drug-likeness (QED) is 0.434. The zero-order valence-corrected chi connectivity index (χ0v) is 12.7. The summed E-state index contributed by atoms with van der Waals surface area (Å²) in [5, 5.41) is 30.8. The normalized spacial score (nSPS) is 18.5. The molecule has 0 amide bonds. The summed E-state index contributed by atoms with van der Waals surface area (Å²) in [6, 6.07) is -1.48. The van der Waals surface area contributed by atoms with Crippen LogP contribution in [0.1, 0.15) is 25.7 Å². The monoisotopic (exact) mass is 300 g/mol. The van der Waals surface area contributed by atoms with Crippen LogP contribution in [0.2, 0.25) is 0 Å². The molecule has 1 aliphatic rings. The third-order valence-corrected chi connectivity index (χ3v) is 2.32. The molecule has 1 saturated heterocycles. The molecule has 104 valence electrons. The number of carbonyl (C=O) groups is 3. The zero-order chi connectivity index (χ0) is 14.1. The van der Waals surface area contributed by atoms with Crippen molar-refractivity contribution in [2.45, 2.75) is 37.8 Å². The summed E-state index contributed by atoms with van der Waals surface area (Å²) in [7, 11) is 0. The van der Waals surface area contributed by atoms with Crippen LogP contribution in [0.15, 0.2) is 0 Å². The molecule has 0 aromatic heterocycles. The number of aliphatic carboxylic acids is 3. The molecule has 2 unspecified atom stereocenters. The van der Waals surface area contributed by atoms with E-state index < -0.39 is 23.9 Å². The van der Waals surface area contributed by atoms with Crippen molar-refractivity contribution in [1.29, 1.82) is 0 Å². The Kier molecular flexibility index (Phi) is 12.6. The molecular weight excluding hydrogens is 284 g/mol. The van der Waals surface area contributed by atoms with E-state index in [9.17, 15) is 24.6 Å². The fourth-order valence-corrected chi connectivity index (χ4v) is 1.29. The van der Waals surface area contributed by atoms with Crippen LogP contribution in [0.4, 0.5) is 0 Å². The minimum atomic E-state index is -1.44. The number of nitrogens with one attached hydrogen (secondary N) is 1. The average Bonchev–Trinajstić information content (AvgIpc) is 2.79. The molecule has 0 bridgehead atoms. The first-order valence-corrected chi connectivity index (χ1v) is 5.47. The van der Waals surface area contributed by atoms with Crippen molar-refractivity contribution in [3.8, 4) is 0 Å². The molecule has 1 rings (SSSR count). The zero-order valence-electron chi connectivity index (χ0n) is 10.5. The van der Waals surface area contributed by atoms with Gasteiger partial charge < -0.3 is 36.0 Å². The van der Waals surface area contributed by atoms with Gasteiger partial charge in [-0.15, -0.1) is 0 Å². The second kappa shape index (κ2) is 11.4. The van der Waals surface area contributed by atoms with Crippen LogP contribution in [0.3, 0.4) is 0 Å². The smallest absolute Gasteiger partial charge is 0.550 e. The third-order valence-electron chi connectivity index (χ3n) is 2.32. The Morgan fingerprint density at radius 3 is 2.21 bits per heavy atom. The van der Waals surface area contributed by atoms with Gasteiger partial charge in [-0.1, -0.05) is 0 Å². The molecular formula is C10H16CaN2O6. The van der Waals surface area contributed by atoms with E-state index in [1.165, 1.54) is 0 Å². The van der Waals surface area contributed by atoms with Gasteiger partial charge in [-0.2, -0.15) is 0 Å². The predicted octanol–water partition coefficient (Wildman–Crippen LogP) is -3.96. The topological polar surface area (TPSA) is 156 Å². The Bertz CT molecular complexity index is 306. The second-order valence-electron chi connectivity index (χ2n) is 3.82. The number of carboxylic acid groups (broad SMARTS) is 3. The van der Waals surface area contributed by atoms with E-state index in [1.54, 1.807) is 0 Å². The van der Waals surface area contributed by atoms with Crippen molar-refractivity contribution < 1.29 is 29.7 Å². The number of carboxylic acids is 3. The van der Waals surface area contributed by atoms with Gasteiger partial charge in [0.1, 0.15) is 6.04 Å². The fraction of sp³-hybridized carbons (Fsp3) is 0.700. The molecule has 9 heteroatoms. The number of hydrogen-bond donors (Lipinski definition) is 3. The summed E-state index contributed by atoms with van der Waals surface area (Å²) in [4.78, 5) is 29.7. The molecule has 1 heterocycles. The van der Waals surface area contributed by atoms with Crippen LogP contribution in [0, 0.1) is 0 Å². The van der Waals surface area contributed by atoms with Gasteiger partial charge in [0.05, 0.1) is 5.97 Å². The van der Waals surface area contributed by atoms with Gasteiger partial charge in [-0.25, -0.2) is 0 Å². The number of rotatable bonds is 5. The van der Waals surface area contributed by atoms with Crippen molar-refractivity contribution in [3.05, 3.63) is 0 Å². The summed E-state index contributed by atoms with van der Waals surface area (Å²) in [6.07, 6.45) is 1.28. The molecule has 1 aliphatic heterocycles. The van der Waals surface area contributed by atoms with Crippen LogP contribution in [-0.4, -0.2) is 79.4 Å². The van der Waals surface area contributed by atoms with Crippen molar-refractivity contribution in [2.75, 3.05) is 6.54 Å². The summed E-state index contributed by atoms with van der Waals surface area (Å²) < 4.78 is 0. The van der Waals surface area contributed by atoms with Gasteiger partial charge in [0.2, 0.25) is 0 Å². The molecule has 8 nitrogen and oxygen atoms in total. The van der Waals surface area contributed by atoms with Crippen molar-refractivity contribution in [1.82, 2.24) is 5.32 Å². The maximum absolute atomic E-state index is 10.1. The van der Waals surface area contributed by atoms with E-state index in [0.29, 0.717) is 0 Å². The molecule has 1 fully saturated rings. The molecule has 2 atom stereocenters. The van der Waals surface area contributed by atoms with E-state index in [4.69, 9.17) is 10.8 Å². The first-order valence-electron chi connectivity index (χ1n) is 5.47. The number of nitrogens with two attached hydrogens (primary N) is 1. The van der Waals surface area contributed by atoms with E-state index in [0.717, 1.165) is 19.4 Å². The summed E-state index contributed by atoms with van der Waals surface area (Å²) >= 11 is 0. The van der Waals surface area contributed by atoms with Crippen LogP contribution in [0.25, 0.3) is 0 Å². The van der Waals surface area contributed by atoms with Crippen LogP contribution >= 0.6 is 0 Å². The summed E-state index contributed by atoms with van der Waals surface area (Å²) in [5.41, 5.74) is 4.91. The molecule has 0 aromatic rings. The maximum atomic E-state index is 10.1. The first kappa shape index (κ1) is 20.9. The molecule has 0 spiro atoms. The molecule has 0 radical (unpaired) electrons. The van der Waals surface area contributed by atoms with E-state index in [1.807, 2.05) is 0 Å². The average molecular weight is 300 g/mol. The Labute approximate surface area is 140 Å². The van der Waals surface area contributed by atoms with Gasteiger partial charge in [0, 0.05) is 12.0 Å². The van der Waals surface area contributed by atoms with Crippen LogP contribution < -0.4 is 21.3 Å². The SMILES string of the molecule is NC(CCC(=O)[O-])C(=O)[O-].O=C(O)C1CCCN1.[Ca+2]. The molecule has 0 aliphatic carbocycles. The van der Waals surface area contributed by atoms with Gasteiger partial charge in [0.15, 0.2) is 0 Å². The van der Waals surface area contributed by atoms with Crippen LogP contribution in [-0.2, 0) is 14.4 Å². The van der Waals surface area contributed by atoms with Gasteiger partial charge >= 0.3 is 43.7 Å². The van der Waals surface area contributed by atoms with Gasteiger partial charge in [-0.3, -0.25) is 4.79 Å². The Morgan fingerprint density at radius 2 is 1.95 bits per heavy atom. The third kappa shape index (κ3) is 11.1. The number of carbonyl (C=O) groups excluding carboxylic acids is 2. The minimum Gasteiger partial charge on any atom is -0.550 e. The Balaban J connectivity index is 0. The van der Waals surface area contributed by atoms with E-state index >= 15 is 0 Å². The molecule has 4 N–H and O–H groups in total. The van der Waals surface area contributed by atoms with Crippen molar-refractivity contribution in [3.63, 3.8) is 0 Å². The largest absolute Gasteiger partial charge is 2.00 e. The summed E-state index contributed by atoms with van der Waals surface area (Å²) in [5.74, 6) is -3.47.